The average molecular weight is 325 g/mol. The number of ether oxygens (including phenoxy) is 2. The summed E-state index contributed by atoms with van der Waals surface area (Å²) < 4.78 is 12.0. The maximum absolute atomic E-state index is 12.5. The van der Waals surface area contributed by atoms with Crippen molar-refractivity contribution in [2.45, 2.75) is 20.8 Å². The van der Waals surface area contributed by atoms with Crippen LogP contribution in [-0.4, -0.2) is 29.4 Å². The molecular weight excluding hydrogens is 306 g/mol. The van der Waals surface area contributed by atoms with Crippen molar-refractivity contribution >= 4 is 12.0 Å². The van der Waals surface area contributed by atoms with E-state index in [0.717, 1.165) is 5.69 Å². The van der Waals surface area contributed by atoms with Gasteiger partial charge in [0.25, 0.3) is 5.91 Å². The molecule has 0 amide bonds. The van der Waals surface area contributed by atoms with Crippen molar-refractivity contribution in [3.63, 3.8) is 0 Å². The van der Waals surface area contributed by atoms with Gasteiger partial charge in [0, 0.05) is 5.69 Å². The number of aromatic nitrogens is 2. The molecule has 0 N–H and O–H groups in total. The van der Waals surface area contributed by atoms with Gasteiger partial charge in [-0.25, -0.2) is 4.68 Å². The zero-order valence-electron chi connectivity index (χ0n) is 14.2. The number of benzene rings is 1. The van der Waals surface area contributed by atoms with Gasteiger partial charge in [0.05, 0.1) is 19.4 Å². The van der Waals surface area contributed by atoms with Crippen LogP contribution in [0.4, 0.5) is 0 Å². The predicted octanol–water partition coefficient (Wildman–Crippen LogP) is 3.15. The van der Waals surface area contributed by atoms with Crippen molar-refractivity contribution in [2.24, 2.45) is 0 Å². The van der Waals surface area contributed by atoms with Gasteiger partial charge in [-0.05, 0) is 50.6 Å². The number of carbonyl (C=O) groups excluding carboxylic acids is 1. The van der Waals surface area contributed by atoms with Crippen molar-refractivity contribution < 1.29 is 14.3 Å². The van der Waals surface area contributed by atoms with Crippen LogP contribution in [0, 0.1) is 25.2 Å². The molecule has 6 nitrogen and oxygen atoms in total. The number of methoxy groups -OCH3 is 1. The lowest BCUT2D eigenvalue weighted by Gasteiger charge is -2.09. The molecule has 0 unspecified atom stereocenters. The van der Waals surface area contributed by atoms with Crippen LogP contribution in [0.1, 0.15) is 28.7 Å². The van der Waals surface area contributed by atoms with Gasteiger partial charge in [-0.1, -0.05) is 6.07 Å². The molecule has 0 saturated carbocycles. The fourth-order valence-electron chi connectivity index (χ4n) is 2.31. The minimum atomic E-state index is -0.462. The molecule has 2 aromatic rings. The molecule has 0 bridgehead atoms. The molecule has 0 aliphatic carbocycles. The second-order valence-electron chi connectivity index (χ2n) is 5.16. The SMILES string of the molecule is CCOc1ccc(/C=C(\C#N)C(=O)n2nc(C)cc2C)cc1OC. The Hall–Kier alpha value is -3.07. The maximum Gasteiger partial charge on any atom is 0.289 e. The Morgan fingerprint density at radius 3 is 2.62 bits per heavy atom. The summed E-state index contributed by atoms with van der Waals surface area (Å²) in [4.78, 5) is 12.5. The van der Waals surface area contributed by atoms with E-state index in [2.05, 4.69) is 5.10 Å². The molecule has 2 rings (SSSR count). The molecule has 1 heterocycles. The molecule has 0 atom stereocenters. The maximum atomic E-state index is 12.5. The van der Waals surface area contributed by atoms with E-state index in [9.17, 15) is 10.1 Å². The second-order valence-corrected chi connectivity index (χ2v) is 5.16. The van der Waals surface area contributed by atoms with Gasteiger partial charge in [0.1, 0.15) is 11.6 Å². The summed E-state index contributed by atoms with van der Waals surface area (Å²) in [5, 5.41) is 13.5. The van der Waals surface area contributed by atoms with Gasteiger partial charge < -0.3 is 9.47 Å². The lowest BCUT2D eigenvalue weighted by Crippen LogP contribution is -2.15. The summed E-state index contributed by atoms with van der Waals surface area (Å²) in [6.07, 6.45) is 1.51. The highest BCUT2D eigenvalue weighted by Gasteiger charge is 2.16. The van der Waals surface area contributed by atoms with E-state index in [1.807, 2.05) is 13.0 Å². The smallest absolute Gasteiger partial charge is 0.289 e. The summed E-state index contributed by atoms with van der Waals surface area (Å²) >= 11 is 0. The third kappa shape index (κ3) is 3.63. The number of hydrogen-bond donors (Lipinski definition) is 0. The highest BCUT2D eigenvalue weighted by Crippen LogP contribution is 2.29. The number of hydrogen-bond acceptors (Lipinski definition) is 5. The van der Waals surface area contributed by atoms with Gasteiger partial charge in [0.2, 0.25) is 0 Å². The molecule has 1 aromatic heterocycles. The summed E-state index contributed by atoms with van der Waals surface area (Å²) in [7, 11) is 1.54. The third-order valence-electron chi connectivity index (χ3n) is 3.35. The molecule has 0 spiro atoms. The Bertz CT molecular complexity index is 829. The lowest BCUT2D eigenvalue weighted by molar-refractivity contribution is 0.0943. The van der Waals surface area contributed by atoms with E-state index in [4.69, 9.17) is 9.47 Å². The number of rotatable bonds is 5. The normalized spacial score (nSPS) is 11.0. The molecule has 0 saturated heterocycles. The predicted molar refractivity (Wildman–Crippen MR) is 90.1 cm³/mol. The number of aryl methyl sites for hydroxylation is 2. The number of nitriles is 1. The third-order valence-corrected chi connectivity index (χ3v) is 3.35. The first-order valence-corrected chi connectivity index (χ1v) is 7.50. The highest BCUT2D eigenvalue weighted by molar-refractivity contribution is 6.03. The fraction of sp³-hybridized carbons (Fsp3) is 0.278. The van der Waals surface area contributed by atoms with Gasteiger partial charge in [-0.15, -0.1) is 0 Å². The Kier molecular flexibility index (Phi) is 5.38. The Labute approximate surface area is 140 Å². The van der Waals surface area contributed by atoms with E-state index in [-0.39, 0.29) is 5.57 Å². The van der Waals surface area contributed by atoms with Crippen molar-refractivity contribution in [1.29, 1.82) is 5.26 Å². The molecule has 124 valence electrons. The van der Waals surface area contributed by atoms with Crippen molar-refractivity contribution in [3.8, 4) is 17.6 Å². The minimum absolute atomic E-state index is 0.00703. The van der Waals surface area contributed by atoms with Gasteiger partial charge >= 0.3 is 0 Å². The lowest BCUT2D eigenvalue weighted by atomic mass is 10.1. The minimum Gasteiger partial charge on any atom is -0.493 e. The first-order chi connectivity index (χ1) is 11.5. The molecule has 24 heavy (non-hydrogen) atoms. The molecule has 0 aliphatic rings. The van der Waals surface area contributed by atoms with Crippen molar-refractivity contribution in [2.75, 3.05) is 13.7 Å². The largest absolute Gasteiger partial charge is 0.493 e. The summed E-state index contributed by atoms with van der Waals surface area (Å²) in [5.74, 6) is 0.693. The van der Waals surface area contributed by atoms with Crippen LogP contribution < -0.4 is 9.47 Å². The summed E-state index contributed by atoms with van der Waals surface area (Å²) in [5.41, 5.74) is 2.07. The quantitative estimate of drug-likeness (QED) is 0.623. The topological polar surface area (TPSA) is 77.1 Å². The first-order valence-electron chi connectivity index (χ1n) is 7.50. The fourth-order valence-corrected chi connectivity index (χ4v) is 2.31. The van der Waals surface area contributed by atoms with Gasteiger partial charge in [0.15, 0.2) is 11.5 Å². The monoisotopic (exact) mass is 325 g/mol. The van der Waals surface area contributed by atoms with Crippen molar-refractivity contribution in [3.05, 3.63) is 46.8 Å². The highest BCUT2D eigenvalue weighted by atomic mass is 16.5. The van der Waals surface area contributed by atoms with Crippen LogP contribution in [0.2, 0.25) is 0 Å². The van der Waals surface area contributed by atoms with E-state index in [1.54, 1.807) is 38.1 Å². The van der Waals surface area contributed by atoms with Crippen LogP contribution in [0.25, 0.3) is 6.08 Å². The number of carbonyl (C=O) groups is 1. The Balaban J connectivity index is 2.39. The van der Waals surface area contributed by atoms with E-state index in [1.165, 1.54) is 17.9 Å². The Morgan fingerprint density at radius 1 is 1.33 bits per heavy atom. The van der Waals surface area contributed by atoms with Gasteiger partial charge in [-0.2, -0.15) is 10.4 Å². The average Bonchev–Trinajstić information content (AvgIpc) is 2.91. The van der Waals surface area contributed by atoms with Crippen LogP contribution >= 0.6 is 0 Å². The zero-order valence-corrected chi connectivity index (χ0v) is 14.2. The molecule has 0 fully saturated rings. The van der Waals surface area contributed by atoms with E-state index < -0.39 is 5.91 Å². The molecule has 1 aromatic carbocycles. The van der Waals surface area contributed by atoms with Crippen molar-refractivity contribution in [1.82, 2.24) is 9.78 Å². The van der Waals surface area contributed by atoms with Crippen LogP contribution in [-0.2, 0) is 0 Å². The van der Waals surface area contributed by atoms with E-state index in [0.29, 0.717) is 29.4 Å². The first kappa shape index (κ1) is 17.3. The molecule has 6 heteroatoms. The van der Waals surface area contributed by atoms with Crippen LogP contribution in [0.3, 0.4) is 0 Å². The zero-order chi connectivity index (χ0) is 17.7. The second kappa shape index (κ2) is 7.47. The van der Waals surface area contributed by atoms with Crippen LogP contribution in [0.5, 0.6) is 11.5 Å². The molecule has 0 radical (unpaired) electrons. The number of allylic oxidation sites excluding steroid dienone is 1. The summed E-state index contributed by atoms with van der Waals surface area (Å²) in [6.45, 7) is 5.97. The Morgan fingerprint density at radius 2 is 2.08 bits per heavy atom. The molecular formula is C18H19N3O3. The molecule has 0 aliphatic heterocycles. The number of nitrogens with zero attached hydrogens (tertiary/aromatic N) is 3. The van der Waals surface area contributed by atoms with Crippen LogP contribution in [0.15, 0.2) is 29.8 Å². The standard InChI is InChI=1S/C18H19N3O3/c1-5-24-16-7-6-14(10-17(16)23-4)9-15(11-19)18(22)21-13(3)8-12(2)20-21/h6-10H,5H2,1-4H3/b15-9+. The van der Waals surface area contributed by atoms with E-state index >= 15 is 0 Å². The van der Waals surface area contributed by atoms with Gasteiger partial charge in [-0.3, -0.25) is 4.79 Å². The summed E-state index contributed by atoms with van der Waals surface area (Å²) in [6, 6.07) is 8.95.